The Balaban J connectivity index is 3.59. The van der Waals surface area contributed by atoms with Gasteiger partial charge in [-0.1, -0.05) is 20.8 Å². The lowest BCUT2D eigenvalue weighted by Crippen LogP contribution is -2.42. The van der Waals surface area contributed by atoms with Gasteiger partial charge in [0.2, 0.25) is 11.8 Å². The van der Waals surface area contributed by atoms with E-state index in [1.165, 1.54) is 0 Å². The van der Waals surface area contributed by atoms with Gasteiger partial charge < -0.3 is 49.5 Å². The van der Waals surface area contributed by atoms with Crippen molar-refractivity contribution in [2.75, 3.05) is 79.2 Å². The minimum atomic E-state index is -0.767. The molecule has 0 saturated heterocycles. The highest BCUT2D eigenvalue weighted by molar-refractivity contribution is 5.82. The zero-order valence-electron chi connectivity index (χ0n) is 26.9. The number of nitrogens with one attached hydrogen (secondary N) is 2. The zero-order valence-corrected chi connectivity index (χ0v) is 26.9. The topological polar surface area (TPSA) is 149 Å². The molecule has 12 heteroatoms. The average Bonchev–Trinajstić information content (AvgIpc) is 2.88. The Morgan fingerprint density at radius 3 is 1.71 bits per heavy atom. The molecular formula is C29H59N3O9. The van der Waals surface area contributed by atoms with Gasteiger partial charge in [-0.05, 0) is 46.5 Å². The fraction of sp³-hybridized carbons (Fsp3) is 0.931. The molecule has 0 saturated carbocycles. The summed E-state index contributed by atoms with van der Waals surface area (Å²) in [6.07, 6.45) is 0.195. The Labute approximate surface area is 248 Å². The Kier molecular flexibility index (Phi) is 22.3. The quantitative estimate of drug-likeness (QED) is 0.106. The Bertz CT molecular complexity index is 669. The molecule has 4 N–H and O–H groups in total. The molecule has 12 nitrogen and oxygen atoms in total. The summed E-state index contributed by atoms with van der Waals surface area (Å²) in [4.78, 5) is 24.0. The molecule has 0 aliphatic rings. The van der Waals surface area contributed by atoms with Crippen LogP contribution in [0, 0.1) is 5.41 Å². The van der Waals surface area contributed by atoms with Crippen LogP contribution in [0.4, 0.5) is 0 Å². The Morgan fingerprint density at radius 2 is 1.17 bits per heavy atom. The summed E-state index contributed by atoms with van der Waals surface area (Å²) in [6.45, 7) is 21.3. The van der Waals surface area contributed by atoms with Gasteiger partial charge in [0, 0.05) is 19.5 Å². The summed E-state index contributed by atoms with van der Waals surface area (Å²) in [5.41, 5.74) is 5.80. The van der Waals surface area contributed by atoms with Gasteiger partial charge in [-0.25, -0.2) is 0 Å². The second kappa shape index (κ2) is 23.1. The second-order valence-corrected chi connectivity index (χ2v) is 11.8. The van der Waals surface area contributed by atoms with Crippen molar-refractivity contribution in [2.24, 2.45) is 11.1 Å². The van der Waals surface area contributed by atoms with E-state index in [4.69, 9.17) is 38.9 Å². The minimum absolute atomic E-state index is 0.112. The van der Waals surface area contributed by atoms with Crippen LogP contribution in [-0.4, -0.2) is 115 Å². The number of hydrogen-bond donors (Lipinski definition) is 3. The summed E-state index contributed by atoms with van der Waals surface area (Å²) in [5.74, 6) is -0.493. The molecule has 0 fully saturated rings. The zero-order chi connectivity index (χ0) is 31.2. The first-order valence-corrected chi connectivity index (χ1v) is 14.7. The summed E-state index contributed by atoms with van der Waals surface area (Å²) >= 11 is 0. The number of ether oxygens (including phenoxy) is 7. The van der Waals surface area contributed by atoms with E-state index in [9.17, 15) is 9.59 Å². The van der Waals surface area contributed by atoms with Crippen molar-refractivity contribution >= 4 is 11.8 Å². The van der Waals surface area contributed by atoms with Crippen molar-refractivity contribution in [3.63, 3.8) is 0 Å². The van der Waals surface area contributed by atoms with Crippen molar-refractivity contribution in [3.05, 3.63) is 0 Å². The van der Waals surface area contributed by atoms with E-state index >= 15 is 0 Å². The van der Waals surface area contributed by atoms with Crippen molar-refractivity contribution < 1.29 is 42.7 Å². The van der Waals surface area contributed by atoms with Crippen LogP contribution in [0.2, 0.25) is 0 Å². The van der Waals surface area contributed by atoms with Crippen LogP contribution in [-0.2, 0) is 42.7 Å². The number of rotatable bonds is 25. The van der Waals surface area contributed by atoms with Crippen LogP contribution in [0.15, 0.2) is 0 Å². The highest BCUT2D eigenvalue weighted by Gasteiger charge is 2.20. The van der Waals surface area contributed by atoms with E-state index in [1.54, 1.807) is 0 Å². The first kappa shape index (κ1) is 39.6. The monoisotopic (exact) mass is 593 g/mol. The van der Waals surface area contributed by atoms with Crippen LogP contribution < -0.4 is 16.4 Å². The maximum Gasteiger partial charge on any atom is 0.237 e. The highest BCUT2D eigenvalue weighted by Crippen LogP contribution is 2.21. The molecule has 3 unspecified atom stereocenters. The maximum atomic E-state index is 12.1. The van der Waals surface area contributed by atoms with Crippen LogP contribution in [0.3, 0.4) is 0 Å². The van der Waals surface area contributed by atoms with Gasteiger partial charge in [0.25, 0.3) is 0 Å². The highest BCUT2D eigenvalue weighted by atomic mass is 16.7. The molecule has 3 atom stereocenters. The fourth-order valence-corrected chi connectivity index (χ4v) is 2.99. The molecule has 0 aromatic heterocycles. The molecule has 2 amide bonds. The Morgan fingerprint density at radius 1 is 0.683 bits per heavy atom. The predicted molar refractivity (Wildman–Crippen MR) is 158 cm³/mol. The normalized spacial score (nSPS) is 14.5. The lowest BCUT2D eigenvalue weighted by atomic mass is 9.90. The molecule has 0 aliphatic heterocycles. The summed E-state index contributed by atoms with van der Waals surface area (Å²) < 4.78 is 38.8. The van der Waals surface area contributed by atoms with E-state index < -0.39 is 6.04 Å². The maximum absolute atomic E-state index is 12.1. The number of hydrogen-bond acceptors (Lipinski definition) is 10. The standard InChI is InChI=1S/C29H59N3O9/c1-23(28(3,4)5)38-19-15-37-17-21-40-24(2)39-20-16-35-14-12-32-27(34)25(30)9-10-26(33)31-11-13-36-18-22-41-29(6,7)8/h23-25H,9-22,30H2,1-8H3,(H,31,33)(H,32,34). The van der Waals surface area contributed by atoms with Gasteiger partial charge in [-0.3, -0.25) is 9.59 Å². The molecule has 0 radical (unpaired) electrons. The van der Waals surface area contributed by atoms with E-state index in [0.717, 1.165) is 0 Å². The van der Waals surface area contributed by atoms with Crippen molar-refractivity contribution in [1.29, 1.82) is 0 Å². The molecule has 0 rings (SSSR count). The SMILES string of the molecule is CC(OCCOCCNC(=O)C(N)CCC(=O)NCCOCCOC(C)(C)C)OCCOCCOC(C)C(C)(C)C. The molecule has 0 aliphatic carbocycles. The minimum Gasteiger partial charge on any atom is -0.377 e. The summed E-state index contributed by atoms with van der Waals surface area (Å²) in [6, 6.07) is -0.767. The van der Waals surface area contributed by atoms with E-state index in [0.29, 0.717) is 79.2 Å². The van der Waals surface area contributed by atoms with Crippen molar-refractivity contribution in [2.45, 2.75) is 92.3 Å². The lowest BCUT2D eigenvalue weighted by molar-refractivity contribution is -0.148. The van der Waals surface area contributed by atoms with Crippen LogP contribution in [0.5, 0.6) is 0 Å². The molecule has 0 spiro atoms. The van der Waals surface area contributed by atoms with Gasteiger partial charge in [0.1, 0.15) is 0 Å². The third kappa shape index (κ3) is 26.0. The fourth-order valence-electron chi connectivity index (χ4n) is 2.99. The largest absolute Gasteiger partial charge is 0.377 e. The molecule has 0 heterocycles. The van der Waals surface area contributed by atoms with Crippen LogP contribution in [0.1, 0.15) is 68.2 Å². The van der Waals surface area contributed by atoms with Crippen LogP contribution >= 0.6 is 0 Å². The van der Waals surface area contributed by atoms with Crippen molar-refractivity contribution in [3.8, 4) is 0 Å². The van der Waals surface area contributed by atoms with E-state index in [2.05, 4.69) is 38.3 Å². The molecule has 0 bridgehead atoms. The van der Waals surface area contributed by atoms with Gasteiger partial charge >= 0.3 is 0 Å². The number of nitrogens with two attached hydrogens (primary N) is 1. The molecule has 0 aromatic rings. The van der Waals surface area contributed by atoms with Crippen LogP contribution in [0.25, 0.3) is 0 Å². The average molecular weight is 594 g/mol. The number of carbonyl (C=O) groups is 2. The van der Waals surface area contributed by atoms with E-state index in [-0.39, 0.29) is 48.1 Å². The first-order chi connectivity index (χ1) is 19.2. The van der Waals surface area contributed by atoms with E-state index in [1.807, 2.05) is 27.7 Å². The summed E-state index contributed by atoms with van der Waals surface area (Å²) in [7, 11) is 0. The first-order valence-electron chi connectivity index (χ1n) is 14.7. The molecular weight excluding hydrogens is 534 g/mol. The summed E-state index contributed by atoms with van der Waals surface area (Å²) in [5, 5.41) is 5.46. The molecule has 244 valence electrons. The molecule has 41 heavy (non-hydrogen) atoms. The smallest absolute Gasteiger partial charge is 0.237 e. The van der Waals surface area contributed by atoms with Crippen molar-refractivity contribution in [1.82, 2.24) is 10.6 Å². The van der Waals surface area contributed by atoms with Gasteiger partial charge in [-0.15, -0.1) is 0 Å². The predicted octanol–water partition coefficient (Wildman–Crippen LogP) is 2.02. The third-order valence-corrected chi connectivity index (χ3v) is 5.87. The Hall–Kier alpha value is -1.38. The second-order valence-electron chi connectivity index (χ2n) is 11.8. The van der Waals surface area contributed by atoms with Gasteiger partial charge in [-0.2, -0.15) is 0 Å². The van der Waals surface area contributed by atoms with Gasteiger partial charge in [0.15, 0.2) is 6.29 Å². The van der Waals surface area contributed by atoms with Gasteiger partial charge in [0.05, 0.1) is 83.8 Å². The number of carbonyl (C=O) groups excluding carboxylic acids is 2. The number of amides is 2. The third-order valence-electron chi connectivity index (χ3n) is 5.87. The lowest BCUT2D eigenvalue weighted by Gasteiger charge is -2.27. The molecule has 0 aromatic carbocycles.